The molecule has 0 unspecified atom stereocenters. The van der Waals surface area contributed by atoms with Gasteiger partial charge in [-0.3, -0.25) is 0 Å². The zero-order valence-corrected chi connectivity index (χ0v) is 13.5. The number of aliphatic imine (C=N–C) groups is 1. The molecule has 0 spiro atoms. The van der Waals surface area contributed by atoms with Crippen molar-refractivity contribution in [1.82, 2.24) is 0 Å². The Bertz CT molecular complexity index is 862. The second-order valence-corrected chi connectivity index (χ2v) is 6.10. The lowest BCUT2D eigenvalue weighted by molar-refractivity contribution is -0.129. The van der Waals surface area contributed by atoms with Crippen LogP contribution in [0, 0.1) is 5.92 Å². The minimum Gasteiger partial charge on any atom is -0.496 e. The smallest absolute Gasteiger partial charge is 0.363 e. The van der Waals surface area contributed by atoms with E-state index in [0.29, 0.717) is 28.9 Å². The zero-order chi connectivity index (χ0) is 16.7. The molecule has 2 aliphatic rings. The predicted octanol–water partition coefficient (Wildman–Crippen LogP) is 3.76. The molecule has 1 fully saturated rings. The number of furan rings is 1. The van der Waals surface area contributed by atoms with Gasteiger partial charge in [0.2, 0.25) is 5.90 Å². The summed E-state index contributed by atoms with van der Waals surface area (Å²) in [4.78, 5) is 16.4. The topological polar surface area (TPSA) is 61.0 Å². The van der Waals surface area contributed by atoms with E-state index in [4.69, 9.17) is 13.9 Å². The van der Waals surface area contributed by atoms with Gasteiger partial charge in [0.15, 0.2) is 5.70 Å². The van der Waals surface area contributed by atoms with Crippen molar-refractivity contribution in [3.05, 3.63) is 59.2 Å². The van der Waals surface area contributed by atoms with Crippen molar-refractivity contribution in [2.45, 2.75) is 19.3 Å². The van der Waals surface area contributed by atoms with E-state index in [1.807, 2.05) is 24.3 Å². The van der Waals surface area contributed by atoms with E-state index in [0.717, 1.165) is 12.2 Å². The van der Waals surface area contributed by atoms with Gasteiger partial charge in [-0.15, -0.1) is 0 Å². The molecule has 2 heterocycles. The summed E-state index contributed by atoms with van der Waals surface area (Å²) in [6.07, 6.45) is 2.77. The fourth-order valence-corrected chi connectivity index (χ4v) is 2.84. The normalized spacial score (nSPS) is 24.0. The molecule has 0 bridgehead atoms. The van der Waals surface area contributed by atoms with Gasteiger partial charge in [-0.1, -0.05) is 19.1 Å². The first kappa shape index (κ1) is 14.8. The fraction of sp³-hybridized carbons (Fsp3) is 0.263. The Balaban J connectivity index is 1.62. The number of esters is 1. The molecule has 0 radical (unpaired) electrons. The minimum absolute atomic E-state index is 0.223. The van der Waals surface area contributed by atoms with Crippen molar-refractivity contribution in [3.63, 3.8) is 0 Å². The van der Waals surface area contributed by atoms with Crippen molar-refractivity contribution in [2.75, 3.05) is 7.11 Å². The third-order valence-electron chi connectivity index (χ3n) is 4.36. The van der Waals surface area contributed by atoms with Crippen LogP contribution in [0.2, 0.25) is 0 Å². The standard InChI is InChI=1S/C19H17NO4/c1-11-9-14(11)17-8-7-12(23-17)10-15-19(21)24-18(20-15)13-5-3-4-6-16(13)22-2/h3-8,10-11,14H,9H2,1-2H3/b15-10+/t11-,14+/m0/s1. The van der Waals surface area contributed by atoms with Crippen LogP contribution < -0.4 is 4.74 Å². The average molecular weight is 323 g/mol. The van der Waals surface area contributed by atoms with Gasteiger partial charge in [-0.25, -0.2) is 9.79 Å². The van der Waals surface area contributed by atoms with Gasteiger partial charge in [0.05, 0.1) is 12.7 Å². The molecule has 0 amide bonds. The van der Waals surface area contributed by atoms with Crippen LogP contribution in [0.25, 0.3) is 6.08 Å². The summed E-state index contributed by atoms with van der Waals surface area (Å²) in [5, 5.41) is 0. The average Bonchev–Trinajstić information content (AvgIpc) is 2.98. The van der Waals surface area contributed by atoms with Gasteiger partial charge in [-0.05, 0) is 36.6 Å². The highest BCUT2D eigenvalue weighted by Crippen LogP contribution is 2.47. The molecule has 0 N–H and O–H groups in total. The van der Waals surface area contributed by atoms with Crippen LogP contribution in [0.3, 0.4) is 0 Å². The Hall–Kier alpha value is -2.82. The number of benzene rings is 1. The molecule has 2 atom stereocenters. The van der Waals surface area contributed by atoms with Crippen molar-refractivity contribution in [1.29, 1.82) is 0 Å². The molecule has 2 aromatic rings. The van der Waals surface area contributed by atoms with E-state index in [9.17, 15) is 4.79 Å². The Morgan fingerprint density at radius 1 is 1.25 bits per heavy atom. The lowest BCUT2D eigenvalue weighted by Crippen LogP contribution is -2.06. The van der Waals surface area contributed by atoms with E-state index in [2.05, 4.69) is 11.9 Å². The van der Waals surface area contributed by atoms with Gasteiger partial charge < -0.3 is 13.9 Å². The van der Waals surface area contributed by atoms with Crippen LogP contribution in [0.4, 0.5) is 0 Å². The van der Waals surface area contributed by atoms with Crippen LogP contribution in [0.5, 0.6) is 5.75 Å². The number of carbonyl (C=O) groups excluding carboxylic acids is 1. The molecule has 1 aliphatic carbocycles. The monoisotopic (exact) mass is 323 g/mol. The summed E-state index contributed by atoms with van der Waals surface area (Å²) in [6.45, 7) is 2.20. The number of para-hydroxylation sites is 1. The molecule has 1 aromatic carbocycles. The van der Waals surface area contributed by atoms with Gasteiger partial charge in [0.1, 0.15) is 17.3 Å². The first-order chi connectivity index (χ1) is 11.7. The van der Waals surface area contributed by atoms with Crippen molar-refractivity contribution >= 4 is 17.9 Å². The number of hydrogen-bond acceptors (Lipinski definition) is 5. The third kappa shape index (κ3) is 2.62. The summed E-state index contributed by atoms with van der Waals surface area (Å²) in [6, 6.07) is 11.1. The third-order valence-corrected chi connectivity index (χ3v) is 4.36. The number of rotatable bonds is 4. The number of hydrogen-bond donors (Lipinski definition) is 0. The number of carbonyl (C=O) groups is 1. The second-order valence-electron chi connectivity index (χ2n) is 6.10. The number of nitrogens with zero attached hydrogens (tertiary/aromatic N) is 1. The number of cyclic esters (lactones) is 1. The minimum atomic E-state index is -0.492. The first-order valence-corrected chi connectivity index (χ1v) is 7.91. The maximum absolute atomic E-state index is 12.1. The van der Waals surface area contributed by atoms with Gasteiger partial charge in [0.25, 0.3) is 0 Å². The molecule has 5 heteroatoms. The van der Waals surface area contributed by atoms with E-state index in [1.54, 1.807) is 25.3 Å². The van der Waals surface area contributed by atoms with E-state index >= 15 is 0 Å². The molecule has 5 nitrogen and oxygen atoms in total. The van der Waals surface area contributed by atoms with E-state index < -0.39 is 5.97 Å². The highest BCUT2D eigenvalue weighted by Gasteiger charge is 2.36. The highest BCUT2D eigenvalue weighted by molar-refractivity contribution is 6.13. The fourth-order valence-electron chi connectivity index (χ4n) is 2.84. The van der Waals surface area contributed by atoms with E-state index in [1.165, 1.54) is 0 Å². The van der Waals surface area contributed by atoms with Crippen LogP contribution in [-0.2, 0) is 9.53 Å². The molecular formula is C19H17NO4. The Morgan fingerprint density at radius 2 is 2.04 bits per heavy atom. The number of methoxy groups -OCH3 is 1. The van der Waals surface area contributed by atoms with Gasteiger partial charge in [0, 0.05) is 12.0 Å². The van der Waals surface area contributed by atoms with Crippen molar-refractivity contribution in [2.24, 2.45) is 10.9 Å². The maximum Gasteiger partial charge on any atom is 0.363 e. The number of ether oxygens (including phenoxy) is 2. The molecule has 4 rings (SSSR count). The molecule has 24 heavy (non-hydrogen) atoms. The van der Waals surface area contributed by atoms with Crippen LogP contribution in [-0.4, -0.2) is 19.0 Å². The SMILES string of the molecule is COc1ccccc1C1=N/C(=C/c2ccc([C@@H]3C[C@@H]3C)o2)C(=O)O1. The lowest BCUT2D eigenvalue weighted by Gasteiger charge is -2.05. The van der Waals surface area contributed by atoms with Gasteiger partial charge in [-0.2, -0.15) is 0 Å². The molecule has 1 saturated carbocycles. The Kier molecular flexibility index (Phi) is 3.49. The zero-order valence-electron chi connectivity index (χ0n) is 13.5. The summed E-state index contributed by atoms with van der Waals surface area (Å²) in [5.74, 6) is 3.10. The predicted molar refractivity (Wildman–Crippen MR) is 88.8 cm³/mol. The van der Waals surface area contributed by atoms with Gasteiger partial charge >= 0.3 is 5.97 Å². The largest absolute Gasteiger partial charge is 0.496 e. The molecular weight excluding hydrogens is 306 g/mol. The second kappa shape index (κ2) is 5.67. The van der Waals surface area contributed by atoms with Crippen LogP contribution in [0.1, 0.15) is 36.3 Å². The lowest BCUT2D eigenvalue weighted by atomic mass is 10.2. The highest BCUT2D eigenvalue weighted by atomic mass is 16.6. The summed E-state index contributed by atoms with van der Waals surface area (Å²) >= 11 is 0. The summed E-state index contributed by atoms with van der Waals surface area (Å²) in [5.41, 5.74) is 0.865. The molecule has 1 aliphatic heterocycles. The maximum atomic E-state index is 12.1. The summed E-state index contributed by atoms with van der Waals surface area (Å²) < 4.78 is 16.4. The van der Waals surface area contributed by atoms with Crippen molar-refractivity contribution in [3.8, 4) is 5.75 Å². The summed E-state index contributed by atoms with van der Waals surface area (Å²) in [7, 11) is 1.57. The quantitative estimate of drug-likeness (QED) is 0.635. The first-order valence-electron chi connectivity index (χ1n) is 7.91. The Morgan fingerprint density at radius 3 is 2.79 bits per heavy atom. The molecule has 1 aromatic heterocycles. The van der Waals surface area contributed by atoms with E-state index in [-0.39, 0.29) is 11.6 Å². The van der Waals surface area contributed by atoms with Crippen LogP contribution in [0.15, 0.2) is 51.5 Å². The molecule has 0 saturated heterocycles. The Labute approximate surface area is 139 Å². The molecule has 122 valence electrons. The van der Waals surface area contributed by atoms with Crippen LogP contribution >= 0.6 is 0 Å². The van der Waals surface area contributed by atoms with Crippen molar-refractivity contribution < 1.29 is 18.7 Å².